The largest absolute Gasteiger partial charge is 1.00 e. The molecule has 0 aliphatic carbocycles. The fourth-order valence-corrected chi connectivity index (χ4v) is 0.431. The van der Waals surface area contributed by atoms with E-state index in [4.69, 9.17) is 11.5 Å². The quantitative estimate of drug-likeness (QED) is 0.453. The summed E-state index contributed by atoms with van der Waals surface area (Å²) in [5.74, 6) is -1.65. The standard InChI is InChI=1S/C5H9FN3O2.K/c6-1-3(5(8)11)9-4(10)2-7;/h3,7H,1-2H2,(H2,8,11)(H,9,10);/q-1;+1. The van der Waals surface area contributed by atoms with Gasteiger partial charge in [0.15, 0.2) is 5.91 Å². The molecule has 0 rings (SSSR count). The van der Waals surface area contributed by atoms with Crippen molar-refractivity contribution in [3.8, 4) is 0 Å². The molecule has 2 amide bonds. The number of primary amides is 1. The van der Waals surface area contributed by atoms with Gasteiger partial charge in [-0.15, -0.1) is 0 Å². The number of hydrogen-bond donors (Lipinski definition) is 2. The second-order valence-corrected chi connectivity index (χ2v) is 1.85. The van der Waals surface area contributed by atoms with Gasteiger partial charge in [0, 0.05) is 0 Å². The Morgan fingerprint density at radius 1 is 1.58 bits per heavy atom. The SMILES string of the molecule is [K+].[NH-]CC(=O)NC(CF)C(N)=O. The molecule has 0 heterocycles. The molecule has 0 aliphatic rings. The van der Waals surface area contributed by atoms with E-state index in [9.17, 15) is 14.0 Å². The van der Waals surface area contributed by atoms with Crippen LogP contribution >= 0.6 is 0 Å². The van der Waals surface area contributed by atoms with Crippen molar-refractivity contribution in [2.75, 3.05) is 13.2 Å². The minimum absolute atomic E-state index is 0. The van der Waals surface area contributed by atoms with Gasteiger partial charge in [-0.25, -0.2) is 4.39 Å². The Morgan fingerprint density at radius 3 is 2.33 bits per heavy atom. The van der Waals surface area contributed by atoms with E-state index < -0.39 is 31.1 Å². The van der Waals surface area contributed by atoms with Crippen LogP contribution in [0.15, 0.2) is 0 Å². The molecule has 64 valence electrons. The summed E-state index contributed by atoms with van der Waals surface area (Å²) in [6, 6.07) is -1.30. The van der Waals surface area contributed by atoms with Crippen LogP contribution in [0, 0.1) is 0 Å². The third-order valence-corrected chi connectivity index (χ3v) is 0.994. The van der Waals surface area contributed by atoms with Crippen molar-refractivity contribution >= 4 is 11.8 Å². The molecule has 1 unspecified atom stereocenters. The molecule has 5 nitrogen and oxygen atoms in total. The molecule has 0 aliphatic heterocycles. The molecule has 1 atom stereocenters. The van der Waals surface area contributed by atoms with Gasteiger partial charge in [0.25, 0.3) is 0 Å². The summed E-state index contributed by atoms with van der Waals surface area (Å²) in [6.45, 7) is -1.58. The van der Waals surface area contributed by atoms with Crippen LogP contribution in [0.5, 0.6) is 0 Å². The average Bonchev–Trinajstić information content (AvgIpc) is 1.99. The van der Waals surface area contributed by atoms with E-state index in [2.05, 4.69) is 0 Å². The first-order valence-electron chi connectivity index (χ1n) is 2.91. The first-order chi connectivity index (χ1) is 5.11. The van der Waals surface area contributed by atoms with Crippen LogP contribution in [0.3, 0.4) is 0 Å². The summed E-state index contributed by atoms with van der Waals surface area (Å²) in [5, 5.41) is 1.94. The Morgan fingerprint density at radius 2 is 2.08 bits per heavy atom. The monoisotopic (exact) mass is 201 g/mol. The van der Waals surface area contributed by atoms with Crippen LogP contribution in [-0.4, -0.2) is 31.1 Å². The van der Waals surface area contributed by atoms with Gasteiger partial charge in [-0.2, -0.15) is 0 Å². The number of carbonyl (C=O) groups is 2. The van der Waals surface area contributed by atoms with Gasteiger partial charge in [0.1, 0.15) is 12.7 Å². The molecule has 0 bridgehead atoms. The summed E-state index contributed by atoms with van der Waals surface area (Å²) < 4.78 is 11.8. The maximum Gasteiger partial charge on any atom is 1.00 e. The van der Waals surface area contributed by atoms with Crippen LogP contribution in [-0.2, 0) is 9.59 Å². The molecule has 0 aromatic rings. The van der Waals surface area contributed by atoms with Gasteiger partial charge in [-0.1, -0.05) is 6.54 Å². The van der Waals surface area contributed by atoms with Gasteiger partial charge in [-0.3, -0.25) is 9.59 Å². The van der Waals surface area contributed by atoms with E-state index in [1.807, 2.05) is 5.32 Å². The molecule has 0 fully saturated rings. The molecular formula is C5H9FKN3O2. The molecule has 0 radical (unpaired) electrons. The van der Waals surface area contributed by atoms with Crippen molar-refractivity contribution in [2.45, 2.75) is 6.04 Å². The van der Waals surface area contributed by atoms with E-state index in [1.54, 1.807) is 0 Å². The van der Waals surface area contributed by atoms with Gasteiger partial charge in [-0.05, 0) is 0 Å². The van der Waals surface area contributed by atoms with Crippen molar-refractivity contribution in [1.82, 2.24) is 5.32 Å². The van der Waals surface area contributed by atoms with Crippen molar-refractivity contribution in [3.05, 3.63) is 5.73 Å². The van der Waals surface area contributed by atoms with E-state index in [-0.39, 0.29) is 51.4 Å². The molecule has 0 saturated heterocycles. The first kappa shape index (κ1) is 15.0. The van der Waals surface area contributed by atoms with Crippen molar-refractivity contribution in [1.29, 1.82) is 0 Å². The van der Waals surface area contributed by atoms with Gasteiger partial charge >= 0.3 is 51.4 Å². The first-order valence-corrected chi connectivity index (χ1v) is 2.91. The molecule has 0 saturated carbocycles. The van der Waals surface area contributed by atoms with Crippen LogP contribution in [0.2, 0.25) is 0 Å². The third-order valence-electron chi connectivity index (χ3n) is 0.994. The Hall–Kier alpha value is 0.466. The Labute approximate surface area is 112 Å². The zero-order chi connectivity index (χ0) is 8.85. The normalized spacial score (nSPS) is 11.2. The summed E-state index contributed by atoms with van der Waals surface area (Å²) in [5.41, 5.74) is 11.2. The summed E-state index contributed by atoms with van der Waals surface area (Å²) in [4.78, 5) is 20.7. The molecule has 0 spiro atoms. The number of carbonyl (C=O) groups excluding carboxylic acids is 2. The van der Waals surface area contributed by atoms with E-state index in [0.29, 0.717) is 0 Å². The fourth-order valence-electron chi connectivity index (χ4n) is 0.431. The van der Waals surface area contributed by atoms with E-state index >= 15 is 0 Å². The van der Waals surface area contributed by atoms with Crippen LogP contribution < -0.4 is 62.4 Å². The van der Waals surface area contributed by atoms with E-state index in [0.717, 1.165) is 0 Å². The Bertz CT molecular complexity index is 167. The number of rotatable bonds is 4. The Balaban J connectivity index is 0. The average molecular weight is 201 g/mol. The van der Waals surface area contributed by atoms with Crippen LogP contribution in [0.25, 0.3) is 5.73 Å². The summed E-state index contributed by atoms with van der Waals surface area (Å²) in [7, 11) is 0. The maximum absolute atomic E-state index is 11.8. The maximum atomic E-state index is 11.8. The fraction of sp³-hybridized carbons (Fsp3) is 0.600. The van der Waals surface area contributed by atoms with Crippen LogP contribution in [0.1, 0.15) is 0 Å². The number of halogens is 1. The van der Waals surface area contributed by atoms with Gasteiger partial charge < -0.3 is 16.8 Å². The minimum atomic E-state index is -1.30. The molecule has 7 heteroatoms. The van der Waals surface area contributed by atoms with Crippen molar-refractivity contribution in [3.63, 3.8) is 0 Å². The number of alkyl halides is 1. The number of hydrogen-bond acceptors (Lipinski definition) is 2. The zero-order valence-corrected chi connectivity index (χ0v) is 9.89. The molecule has 4 N–H and O–H groups in total. The molecule has 12 heavy (non-hydrogen) atoms. The van der Waals surface area contributed by atoms with E-state index in [1.165, 1.54) is 0 Å². The molecular weight excluding hydrogens is 192 g/mol. The summed E-state index contributed by atoms with van der Waals surface area (Å²) in [6.07, 6.45) is 0. The number of nitrogens with two attached hydrogens (primary N) is 1. The predicted molar refractivity (Wildman–Crippen MR) is 36.3 cm³/mol. The zero-order valence-electron chi connectivity index (χ0n) is 6.76. The van der Waals surface area contributed by atoms with Gasteiger partial charge in [0.2, 0.25) is 5.91 Å². The van der Waals surface area contributed by atoms with Crippen molar-refractivity contribution < 1.29 is 65.4 Å². The van der Waals surface area contributed by atoms with Crippen LogP contribution in [0.4, 0.5) is 4.39 Å². The van der Waals surface area contributed by atoms with Gasteiger partial charge in [0.05, 0.1) is 0 Å². The van der Waals surface area contributed by atoms with Crippen molar-refractivity contribution in [2.24, 2.45) is 5.73 Å². The number of amides is 2. The minimum Gasteiger partial charge on any atom is -0.670 e. The predicted octanol–water partition coefficient (Wildman–Crippen LogP) is -4.02. The Kier molecular flexibility index (Phi) is 10.1. The topological polar surface area (TPSA) is 96.0 Å². The smallest absolute Gasteiger partial charge is 0.670 e. The third kappa shape index (κ3) is 6.04. The number of nitrogens with one attached hydrogen (secondary N) is 2. The second kappa shape index (κ2) is 8.08. The second-order valence-electron chi connectivity index (χ2n) is 1.85. The summed E-state index contributed by atoms with van der Waals surface area (Å²) >= 11 is 0. The molecule has 0 aromatic carbocycles. The molecule has 0 aromatic heterocycles.